The molecule has 0 fully saturated rings. The van der Waals surface area contributed by atoms with Crippen molar-refractivity contribution < 1.29 is 19.7 Å². The number of hydrogen-bond donors (Lipinski definition) is 2. The molecule has 0 saturated carbocycles. The molecule has 4 nitrogen and oxygen atoms in total. The minimum absolute atomic E-state index is 0.371. The fourth-order valence-electron chi connectivity index (χ4n) is 2.85. The van der Waals surface area contributed by atoms with E-state index in [2.05, 4.69) is 0 Å². The first-order valence-electron chi connectivity index (χ1n) is 6.99. The van der Waals surface area contributed by atoms with E-state index in [0.29, 0.717) is 0 Å². The van der Waals surface area contributed by atoms with Crippen molar-refractivity contribution in [3.8, 4) is 0 Å². The van der Waals surface area contributed by atoms with Crippen molar-refractivity contribution in [2.75, 3.05) is 0 Å². The van der Waals surface area contributed by atoms with Crippen LogP contribution in [-0.4, -0.2) is 16.2 Å². The van der Waals surface area contributed by atoms with Crippen molar-refractivity contribution in [3.05, 3.63) is 83.3 Å². The maximum Gasteiger partial charge on any atom is 0.377 e. The predicted octanol–water partition coefficient (Wildman–Crippen LogP) is 3.57. The van der Waals surface area contributed by atoms with Gasteiger partial charge in [-0.05, 0) is 18.1 Å². The summed E-state index contributed by atoms with van der Waals surface area (Å²) in [4.78, 5) is 11.8. The molecule has 1 heterocycles. The maximum absolute atomic E-state index is 11.8. The van der Waals surface area contributed by atoms with Crippen LogP contribution in [0.5, 0.6) is 0 Å². The monoisotopic (exact) mass is 296 g/mol. The van der Waals surface area contributed by atoms with Crippen molar-refractivity contribution in [1.82, 2.24) is 0 Å². The molecule has 2 unspecified atom stereocenters. The van der Waals surface area contributed by atoms with Gasteiger partial charge in [-0.1, -0.05) is 60.7 Å². The Balaban J connectivity index is 2.22. The van der Waals surface area contributed by atoms with Gasteiger partial charge in [0.05, 0.1) is 5.41 Å². The lowest BCUT2D eigenvalue weighted by Crippen LogP contribution is -2.41. The third-order valence-electron chi connectivity index (χ3n) is 4.13. The zero-order valence-electron chi connectivity index (χ0n) is 12.1. The highest BCUT2D eigenvalue weighted by molar-refractivity contribution is 5.88. The summed E-state index contributed by atoms with van der Waals surface area (Å²) in [6.07, 6.45) is -0.723. The van der Waals surface area contributed by atoms with Gasteiger partial charge in [0, 0.05) is 0 Å². The predicted molar refractivity (Wildman–Crippen MR) is 81.4 cm³/mol. The van der Waals surface area contributed by atoms with Gasteiger partial charge in [-0.25, -0.2) is 4.79 Å². The second-order valence-corrected chi connectivity index (χ2v) is 5.46. The Kier molecular flexibility index (Phi) is 3.37. The fourth-order valence-corrected chi connectivity index (χ4v) is 2.85. The van der Waals surface area contributed by atoms with Crippen LogP contribution >= 0.6 is 0 Å². The molecule has 1 aliphatic heterocycles. The van der Waals surface area contributed by atoms with Crippen molar-refractivity contribution in [1.29, 1.82) is 0 Å². The Morgan fingerprint density at radius 2 is 1.50 bits per heavy atom. The van der Waals surface area contributed by atoms with Crippen LogP contribution in [0.1, 0.15) is 24.2 Å². The first-order valence-corrected chi connectivity index (χ1v) is 6.99. The number of cyclic esters (lactones) is 1. The topological polar surface area (TPSA) is 66.8 Å². The molecule has 2 aromatic carbocycles. The minimum Gasteiger partial charge on any atom is -0.507 e. The van der Waals surface area contributed by atoms with Gasteiger partial charge < -0.3 is 14.9 Å². The number of carbonyl (C=O) groups excluding carboxylic acids is 1. The molecule has 2 atom stereocenters. The second-order valence-electron chi connectivity index (χ2n) is 5.46. The number of benzene rings is 2. The summed E-state index contributed by atoms with van der Waals surface area (Å²) < 4.78 is 5.42. The lowest BCUT2D eigenvalue weighted by molar-refractivity contribution is -0.156. The Hall–Kier alpha value is -2.75. The lowest BCUT2D eigenvalue weighted by atomic mass is 9.71. The molecule has 0 aliphatic carbocycles. The van der Waals surface area contributed by atoms with Crippen LogP contribution in [-0.2, 0) is 14.9 Å². The molecule has 22 heavy (non-hydrogen) atoms. The highest BCUT2D eigenvalue weighted by atomic mass is 16.6. The molecule has 2 aromatic rings. The lowest BCUT2D eigenvalue weighted by Gasteiger charge is -2.40. The zero-order valence-corrected chi connectivity index (χ0v) is 12.1. The molecule has 4 heteroatoms. The SMILES string of the molecule is CC1(c2ccccc2)C(O)=C(O)C(=O)OC1c1ccccc1. The molecule has 3 rings (SSSR count). The van der Waals surface area contributed by atoms with E-state index < -0.39 is 23.2 Å². The van der Waals surface area contributed by atoms with Gasteiger partial charge in [0.1, 0.15) is 6.10 Å². The molecule has 112 valence electrons. The van der Waals surface area contributed by atoms with Gasteiger partial charge in [-0.15, -0.1) is 0 Å². The van der Waals surface area contributed by atoms with E-state index in [-0.39, 0.29) is 5.76 Å². The van der Waals surface area contributed by atoms with E-state index in [9.17, 15) is 15.0 Å². The van der Waals surface area contributed by atoms with Crippen LogP contribution in [0, 0.1) is 0 Å². The van der Waals surface area contributed by atoms with E-state index in [1.807, 2.05) is 60.7 Å². The zero-order chi connectivity index (χ0) is 15.7. The van der Waals surface area contributed by atoms with Crippen molar-refractivity contribution in [2.45, 2.75) is 18.4 Å². The van der Waals surface area contributed by atoms with Crippen LogP contribution in [0.25, 0.3) is 0 Å². The second kappa shape index (κ2) is 5.22. The van der Waals surface area contributed by atoms with Crippen molar-refractivity contribution in [2.24, 2.45) is 0 Å². The molecule has 0 amide bonds. The molecule has 0 radical (unpaired) electrons. The average molecular weight is 296 g/mol. The van der Waals surface area contributed by atoms with Gasteiger partial charge in [0.2, 0.25) is 5.76 Å². The van der Waals surface area contributed by atoms with E-state index in [1.165, 1.54) is 0 Å². The first kappa shape index (κ1) is 14.2. The number of hydrogen-bond acceptors (Lipinski definition) is 4. The molecule has 0 aromatic heterocycles. The highest BCUT2D eigenvalue weighted by Crippen LogP contribution is 2.48. The van der Waals surface area contributed by atoms with E-state index in [1.54, 1.807) is 6.92 Å². The van der Waals surface area contributed by atoms with Gasteiger partial charge in [0.25, 0.3) is 0 Å². The molecule has 2 N–H and O–H groups in total. The number of esters is 1. The summed E-state index contributed by atoms with van der Waals surface area (Å²) in [6, 6.07) is 18.4. The van der Waals surface area contributed by atoms with Gasteiger partial charge in [-0.3, -0.25) is 0 Å². The Morgan fingerprint density at radius 1 is 0.955 bits per heavy atom. The largest absolute Gasteiger partial charge is 0.507 e. The smallest absolute Gasteiger partial charge is 0.377 e. The van der Waals surface area contributed by atoms with E-state index in [4.69, 9.17) is 4.74 Å². The Morgan fingerprint density at radius 3 is 2.09 bits per heavy atom. The molecule has 0 bridgehead atoms. The van der Waals surface area contributed by atoms with Gasteiger partial charge >= 0.3 is 5.97 Å². The molecular weight excluding hydrogens is 280 g/mol. The van der Waals surface area contributed by atoms with Crippen LogP contribution < -0.4 is 0 Å². The molecule has 1 aliphatic rings. The summed E-state index contributed by atoms with van der Waals surface area (Å²) in [5.74, 6) is -2.03. The molecular formula is C18H16O4. The third kappa shape index (κ3) is 2.04. The minimum atomic E-state index is -1.05. The Labute approximate surface area is 128 Å². The summed E-state index contributed by atoms with van der Waals surface area (Å²) in [7, 11) is 0. The number of aliphatic hydroxyl groups excluding tert-OH is 2. The molecule has 0 spiro atoms. The summed E-state index contributed by atoms with van der Waals surface area (Å²) in [5.41, 5.74) is 0.447. The Bertz CT molecular complexity index is 721. The summed E-state index contributed by atoms with van der Waals surface area (Å²) in [6.45, 7) is 1.75. The normalized spacial score (nSPS) is 25.0. The van der Waals surface area contributed by atoms with Crippen LogP contribution in [0.3, 0.4) is 0 Å². The third-order valence-corrected chi connectivity index (χ3v) is 4.13. The summed E-state index contributed by atoms with van der Waals surface area (Å²) >= 11 is 0. The molecule has 0 saturated heterocycles. The van der Waals surface area contributed by atoms with Crippen molar-refractivity contribution >= 4 is 5.97 Å². The quantitative estimate of drug-likeness (QED) is 0.831. The number of carbonyl (C=O) groups is 1. The first-order chi connectivity index (χ1) is 10.5. The van der Waals surface area contributed by atoms with E-state index in [0.717, 1.165) is 11.1 Å². The summed E-state index contributed by atoms with van der Waals surface area (Å²) in [5, 5.41) is 20.3. The highest BCUT2D eigenvalue weighted by Gasteiger charge is 2.50. The average Bonchev–Trinajstić information content (AvgIpc) is 2.58. The number of rotatable bonds is 2. The van der Waals surface area contributed by atoms with E-state index >= 15 is 0 Å². The van der Waals surface area contributed by atoms with Crippen LogP contribution in [0.15, 0.2) is 72.2 Å². The maximum atomic E-state index is 11.8. The number of ether oxygens (including phenoxy) is 1. The van der Waals surface area contributed by atoms with Crippen LogP contribution in [0.4, 0.5) is 0 Å². The van der Waals surface area contributed by atoms with Crippen LogP contribution in [0.2, 0.25) is 0 Å². The van der Waals surface area contributed by atoms with Gasteiger partial charge in [-0.2, -0.15) is 0 Å². The number of aliphatic hydroxyl groups is 2. The fraction of sp³-hybridized carbons (Fsp3) is 0.167. The van der Waals surface area contributed by atoms with Gasteiger partial charge in [0.15, 0.2) is 5.76 Å². The standard InChI is InChI=1S/C18H16O4/c1-18(13-10-6-3-7-11-13)15(20)14(19)17(21)22-16(18)12-8-4-2-5-9-12/h2-11,16,19-20H,1H3. The van der Waals surface area contributed by atoms with Crippen molar-refractivity contribution in [3.63, 3.8) is 0 Å².